The molecule has 21 heavy (non-hydrogen) atoms. The van der Waals surface area contributed by atoms with Crippen LogP contribution in [-0.4, -0.2) is 42.2 Å². The van der Waals surface area contributed by atoms with Gasteiger partial charge < -0.3 is 4.52 Å². The standard InChI is InChI=1S/C13H17N3O3S2/c1-21(17,18)16-5-2-3-10(8-16)7-12-14-13(15-19-12)11-4-6-20-9-11/h4,6,9-10H,2-3,5,7-8H2,1H3. The lowest BCUT2D eigenvalue weighted by atomic mass is 9.96. The lowest BCUT2D eigenvalue weighted by Crippen LogP contribution is -2.39. The third-order valence-corrected chi connectivity index (χ3v) is 5.61. The van der Waals surface area contributed by atoms with Crippen LogP contribution < -0.4 is 0 Å². The van der Waals surface area contributed by atoms with Crippen molar-refractivity contribution in [1.29, 1.82) is 0 Å². The molecule has 1 saturated heterocycles. The van der Waals surface area contributed by atoms with Crippen molar-refractivity contribution in [1.82, 2.24) is 14.4 Å². The molecule has 1 atom stereocenters. The smallest absolute Gasteiger partial charge is 0.227 e. The average Bonchev–Trinajstić information content (AvgIpc) is 3.08. The zero-order chi connectivity index (χ0) is 14.9. The molecule has 6 nitrogen and oxygen atoms in total. The summed E-state index contributed by atoms with van der Waals surface area (Å²) in [7, 11) is -3.11. The molecule has 1 unspecified atom stereocenters. The van der Waals surface area contributed by atoms with Crippen molar-refractivity contribution < 1.29 is 12.9 Å². The Morgan fingerprint density at radius 1 is 1.52 bits per heavy atom. The van der Waals surface area contributed by atoms with E-state index in [9.17, 15) is 8.42 Å². The fourth-order valence-corrected chi connectivity index (χ4v) is 4.17. The molecule has 0 amide bonds. The van der Waals surface area contributed by atoms with Gasteiger partial charge in [0.2, 0.25) is 21.7 Å². The first-order valence-corrected chi connectivity index (χ1v) is 9.62. The van der Waals surface area contributed by atoms with E-state index in [1.807, 2.05) is 16.8 Å². The molecule has 0 radical (unpaired) electrons. The summed E-state index contributed by atoms with van der Waals surface area (Å²) in [4.78, 5) is 4.39. The summed E-state index contributed by atoms with van der Waals surface area (Å²) >= 11 is 1.59. The first kappa shape index (κ1) is 14.7. The van der Waals surface area contributed by atoms with Gasteiger partial charge in [0.1, 0.15) is 0 Å². The molecule has 2 aromatic heterocycles. The predicted molar refractivity (Wildman–Crippen MR) is 80.5 cm³/mol. The Kier molecular flexibility index (Phi) is 4.10. The van der Waals surface area contributed by atoms with Crippen LogP contribution in [0, 0.1) is 5.92 Å². The summed E-state index contributed by atoms with van der Waals surface area (Å²) in [6.45, 7) is 1.15. The van der Waals surface area contributed by atoms with Gasteiger partial charge in [0.25, 0.3) is 0 Å². The molecule has 1 aliphatic heterocycles. The van der Waals surface area contributed by atoms with Gasteiger partial charge in [-0.05, 0) is 30.2 Å². The van der Waals surface area contributed by atoms with E-state index in [1.165, 1.54) is 10.6 Å². The third kappa shape index (κ3) is 3.50. The minimum Gasteiger partial charge on any atom is -0.339 e. The Balaban J connectivity index is 1.67. The number of piperidine rings is 1. The largest absolute Gasteiger partial charge is 0.339 e. The zero-order valence-electron chi connectivity index (χ0n) is 11.7. The highest BCUT2D eigenvalue weighted by Crippen LogP contribution is 2.24. The van der Waals surface area contributed by atoms with Gasteiger partial charge >= 0.3 is 0 Å². The van der Waals surface area contributed by atoms with Gasteiger partial charge in [-0.3, -0.25) is 0 Å². The van der Waals surface area contributed by atoms with Crippen LogP contribution in [0.15, 0.2) is 21.3 Å². The maximum absolute atomic E-state index is 11.6. The van der Waals surface area contributed by atoms with E-state index in [0.29, 0.717) is 31.2 Å². The van der Waals surface area contributed by atoms with Crippen molar-refractivity contribution in [3.05, 3.63) is 22.7 Å². The normalized spacial score (nSPS) is 20.7. The fraction of sp³-hybridized carbons (Fsp3) is 0.538. The summed E-state index contributed by atoms with van der Waals surface area (Å²) in [5.74, 6) is 1.42. The van der Waals surface area contributed by atoms with Crippen molar-refractivity contribution in [3.8, 4) is 11.4 Å². The van der Waals surface area contributed by atoms with Gasteiger partial charge in [-0.1, -0.05) is 5.16 Å². The maximum atomic E-state index is 11.6. The Bertz CT molecular complexity index is 694. The number of aromatic nitrogens is 2. The van der Waals surface area contributed by atoms with E-state index in [1.54, 1.807) is 11.3 Å². The minimum atomic E-state index is -3.11. The van der Waals surface area contributed by atoms with Gasteiger partial charge in [0.05, 0.1) is 6.26 Å². The van der Waals surface area contributed by atoms with Gasteiger partial charge in [-0.25, -0.2) is 12.7 Å². The van der Waals surface area contributed by atoms with Crippen LogP contribution in [0.1, 0.15) is 18.7 Å². The molecule has 0 N–H and O–H groups in total. The van der Waals surface area contributed by atoms with Crippen molar-refractivity contribution >= 4 is 21.4 Å². The van der Waals surface area contributed by atoms with Crippen LogP contribution >= 0.6 is 11.3 Å². The third-order valence-electron chi connectivity index (χ3n) is 3.66. The van der Waals surface area contributed by atoms with Crippen LogP contribution in [-0.2, 0) is 16.4 Å². The van der Waals surface area contributed by atoms with E-state index in [-0.39, 0.29) is 5.92 Å². The number of nitrogens with zero attached hydrogens (tertiary/aromatic N) is 3. The van der Waals surface area contributed by atoms with Crippen molar-refractivity contribution in [3.63, 3.8) is 0 Å². The molecule has 0 spiro atoms. The molecular weight excluding hydrogens is 310 g/mol. The summed E-state index contributed by atoms with van der Waals surface area (Å²) in [5, 5.41) is 7.92. The Hall–Kier alpha value is -1.25. The van der Waals surface area contributed by atoms with Gasteiger partial charge in [0.15, 0.2) is 0 Å². The van der Waals surface area contributed by atoms with Gasteiger partial charge in [0, 0.05) is 30.5 Å². The molecule has 3 rings (SSSR count). The monoisotopic (exact) mass is 327 g/mol. The Morgan fingerprint density at radius 2 is 2.38 bits per heavy atom. The minimum absolute atomic E-state index is 0.240. The van der Waals surface area contributed by atoms with Crippen LogP contribution in [0.25, 0.3) is 11.4 Å². The van der Waals surface area contributed by atoms with Crippen molar-refractivity contribution in [2.45, 2.75) is 19.3 Å². The number of sulfonamides is 1. The molecule has 3 heterocycles. The first-order chi connectivity index (χ1) is 10.0. The SMILES string of the molecule is CS(=O)(=O)N1CCCC(Cc2nc(-c3ccsc3)no2)C1. The number of hydrogen-bond acceptors (Lipinski definition) is 6. The van der Waals surface area contributed by atoms with E-state index in [4.69, 9.17) is 4.52 Å². The van der Waals surface area contributed by atoms with E-state index in [0.717, 1.165) is 18.4 Å². The molecule has 1 fully saturated rings. The van der Waals surface area contributed by atoms with Crippen LogP contribution in [0.3, 0.4) is 0 Å². The lowest BCUT2D eigenvalue weighted by Gasteiger charge is -2.30. The molecular formula is C13H17N3O3S2. The molecule has 0 bridgehead atoms. The lowest BCUT2D eigenvalue weighted by molar-refractivity contribution is 0.248. The molecule has 2 aromatic rings. The highest BCUT2D eigenvalue weighted by atomic mass is 32.2. The molecule has 8 heteroatoms. The number of rotatable bonds is 4. The summed E-state index contributed by atoms with van der Waals surface area (Å²) in [6, 6.07) is 1.95. The van der Waals surface area contributed by atoms with E-state index < -0.39 is 10.0 Å². The van der Waals surface area contributed by atoms with Crippen molar-refractivity contribution in [2.24, 2.45) is 5.92 Å². The highest BCUT2D eigenvalue weighted by molar-refractivity contribution is 7.88. The topological polar surface area (TPSA) is 76.3 Å². The average molecular weight is 327 g/mol. The Morgan fingerprint density at radius 3 is 3.10 bits per heavy atom. The summed E-state index contributed by atoms with van der Waals surface area (Å²) in [5.41, 5.74) is 0.955. The maximum Gasteiger partial charge on any atom is 0.227 e. The van der Waals surface area contributed by atoms with Crippen LogP contribution in [0.4, 0.5) is 0 Å². The number of thiophene rings is 1. The second kappa shape index (κ2) is 5.86. The molecule has 0 saturated carbocycles. The Labute approximate surface area is 127 Å². The zero-order valence-corrected chi connectivity index (χ0v) is 13.4. The summed E-state index contributed by atoms with van der Waals surface area (Å²) in [6.07, 6.45) is 3.76. The summed E-state index contributed by atoms with van der Waals surface area (Å²) < 4.78 is 30.1. The number of hydrogen-bond donors (Lipinski definition) is 0. The van der Waals surface area contributed by atoms with E-state index in [2.05, 4.69) is 10.1 Å². The van der Waals surface area contributed by atoms with Crippen LogP contribution in [0.5, 0.6) is 0 Å². The quantitative estimate of drug-likeness (QED) is 0.858. The van der Waals surface area contributed by atoms with Crippen molar-refractivity contribution in [2.75, 3.05) is 19.3 Å². The second-order valence-corrected chi connectivity index (χ2v) is 8.12. The fourth-order valence-electron chi connectivity index (χ4n) is 2.59. The first-order valence-electron chi connectivity index (χ1n) is 6.82. The van der Waals surface area contributed by atoms with Gasteiger partial charge in [-0.2, -0.15) is 16.3 Å². The van der Waals surface area contributed by atoms with E-state index >= 15 is 0 Å². The predicted octanol–water partition coefficient (Wildman–Crippen LogP) is 2.01. The molecule has 0 aliphatic carbocycles. The molecule has 0 aromatic carbocycles. The van der Waals surface area contributed by atoms with Gasteiger partial charge in [-0.15, -0.1) is 0 Å². The molecule has 1 aliphatic rings. The molecule has 114 valence electrons. The highest BCUT2D eigenvalue weighted by Gasteiger charge is 2.27. The second-order valence-electron chi connectivity index (χ2n) is 5.36. The van der Waals surface area contributed by atoms with Crippen LogP contribution in [0.2, 0.25) is 0 Å².